The summed E-state index contributed by atoms with van der Waals surface area (Å²) in [5.74, 6) is 0. The van der Waals surface area contributed by atoms with Gasteiger partial charge in [0, 0.05) is 49.7 Å². The van der Waals surface area contributed by atoms with Crippen molar-refractivity contribution in [1.29, 1.82) is 0 Å². The number of hydrogen-bond donors (Lipinski definition) is 3. The van der Waals surface area contributed by atoms with E-state index in [2.05, 4.69) is 65.5 Å². The SMILES string of the molecule is CC(C)(C)OC(=O)OC(=O)OC(C)(C)C.Cc1ccc2c(c1)c(-c1ccccc1)nc1cc(NC(=O)OC(C)(C)C)ccc12.Nc1ccc2c(c1)nc(-c1ccccc1)c1cc(N)ccc12. The average Bonchev–Trinajstić information content (AvgIpc) is 3.21. The Balaban J connectivity index is 0.000000173. The standard InChI is InChI=1S/C25H24N2O2.C19H15N3.C10H18O5/c1-16-10-12-19-20-13-11-18(26-24(28)29-25(2,3)4)15-22(20)27-23(21(19)14-16)17-8-6-5-7-9-17;20-13-6-8-15-16-9-7-14(21)11-18(16)22-19(17(15)10-13)12-4-2-1-3-5-12;1-9(2,3)14-7(11)13-8(12)15-10(4,5)6/h5-15H,1-4H3,(H,26,28);1-11H,20-21H2;1-6H3. The second kappa shape index (κ2) is 19.6. The van der Waals surface area contributed by atoms with Gasteiger partial charge in [-0.3, -0.25) is 5.32 Å². The number of ether oxygens (including phenoxy) is 4. The van der Waals surface area contributed by atoms with Gasteiger partial charge in [0.15, 0.2) is 0 Å². The summed E-state index contributed by atoms with van der Waals surface area (Å²) in [5, 5.41) is 9.40. The quantitative estimate of drug-likeness (QED) is 0.0505. The molecule has 0 unspecified atom stereocenters. The minimum absolute atomic E-state index is 0.475. The smallest absolute Gasteiger partial charge is 0.444 e. The topological polar surface area (TPSA) is 178 Å². The first kappa shape index (κ1) is 47.7. The minimum atomic E-state index is -1.06. The number of aryl methyl sites for hydroxylation is 1. The van der Waals surface area contributed by atoms with Crippen LogP contribution >= 0.6 is 0 Å². The maximum absolute atomic E-state index is 12.1. The summed E-state index contributed by atoms with van der Waals surface area (Å²) in [7, 11) is 0. The van der Waals surface area contributed by atoms with E-state index in [1.807, 2.05) is 106 Å². The molecular formula is C54H57N5O7. The van der Waals surface area contributed by atoms with E-state index >= 15 is 0 Å². The number of rotatable bonds is 3. The van der Waals surface area contributed by atoms with Gasteiger partial charge in [-0.15, -0.1) is 0 Å². The Labute approximate surface area is 385 Å². The van der Waals surface area contributed by atoms with Gasteiger partial charge >= 0.3 is 18.4 Å². The summed E-state index contributed by atoms with van der Waals surface area (Å²) in [5.41, 5.74) is 19.0. The monoisotopic (exact) mass is 887 g/mol. The molecule has 340 valence electrons. The van der Waals surface area contributed by atoms with Crippen molar-refractivity contribution in [3.8, 4) is 22.5 Å². The number of nitrogen functional groups attached to an aromatic ring is 2. The van der Waals surface area contributed by atoms with E-state index in [1.165, 1.54) is 5.56 Å². The van der Waals surface area contributed by atoms with Gasteiger partial charge in [0.1, 0.15) is 16.8 Å². The molecule has 8 aromatic rings. The van der Waals surface area contributed by atoms with E-state index in [1.54, 1.807) is 41.5 Å². The van der Waals surface area contributed by atoms with Gasteiger partial charge in [-0.2, -0.15) is 0 Å². The van der Waals surface area contributed by atoms with Crippen LogP contribution in [0.1, 0.15) is 67.9 Å². The molecule has 0 aliphatic heterocycles. The van der Waals surface area contributed by atoms with Gasteiger partial charge in [0.25, 0.3) is 0 Å². The maximum atomic E-state index is 12.1. The molecule has 0 spiro atoms. The molecule has 8 rings (SSSR count). The van der Waals surface area contributed by atoms with E-state index in [-0.39, 0.29) is 0 Å². The van der Waals surface area contributed by atoms with Gasteiger partial charge in [-0.05, 0) is 122 Å². The lowest BCUT2D eigenvalue weighted by Crippen LogP contribution is -2.29. The van der Waals surface area contributed by atoms with Crippen molar-refractivity contribution in [2.75, 3.05) is 16.8 Å². The number of pyridine rings is 2. The zero-order valence-corrected chi connectivity index (χ0v) is 39.1. The van der Waals surface area contributed by atoms with E-state index in [4.69, 9.17) is 35.6 Å². The fourth-order valence-electron chi connectivity index (χ4n) is 6.90. The van der Waals surface area contributed by atoms with Crippen LogP contribution in [0.3, 0.4) is 0 Å². The first-order valence-electron chi connectivity index (χ1n) is 21.5. The number of nitrogens with one attached hydrogen (secondary N) is 1. The fraction of sp³-hybridized carbons (Fsp3) is 0.241. The molecule has 0 saturated heterocycles. The van der Waals surface area contributed by atoms with Crippen LogP contribution in [-0.2, 0) is 18.9 Å². The molecule has 0 bridgehead atoms. The number of anilines is 3. The number of hydrogen-bond acceptors (Lipinski definition) is 11. The minimum Gasteiger partial charge on any atom is -0.444 e. The lowest BCUT2D eigenvalue weighted by Gasteiger charge is -2.20. The van der Waals surface area contributed by atoms with E-state index in [9.17, 15) is 14.4 Å². The number of benzene rings is 6. The van der Waals surface area contributed by atoms with Gasteiger partial charge in [0.2, 0.25) is 0 Å². The van der Waals surface area contributed by atoms with Crippen LogP contribution in [0, 0.1) is 6.92 Å². The van der Waals surface area contributed by atoms with Gasteiger partial charge in [-0.1, -0.05) is 96.6 Å². The van der Waals surface area contributed by atoms with Crippen LogP contribution < -0.4 is 16.8 Å². The molecule has 0 aliphatic carbocycles. The highest BCUT2D eigenvalue weighted by Gasteiger charge is 2.24. The first-order valence-corrected chi connectivity index (χ1v) is 21.5. The van der Waals surface area contributed by atoms with Gasteiger partial charge in [-0.25, -0.2) is 24.4 Å². The zero-order chi connectivity index (χ0) is 48.0. The molecule has 2 aromatic heterocycles. The molecule has 0 fully saturated rings. The predicted octanol–water partition coefficient (Wildman–Crippen LogP) is 13.8. The number of fused-ring (bicyclic) bond motifs is 6. The van der Waals surface area contributed by atoms with Crippen molar-refractivity contribution in [3.05, 3.63) is 139 Å². The van der Waals surface area contributed by atoms with Crippen molar-refractivity contribution in [3.63, 3.8) is 0 Å². The Kier molecular flexibility index (Phi) is 14.2. The number of amides is 1. The van der Waals surface area contributed by atoms with Crippen molar-refractivity contribution in [2.24, 2.45) is 0 Å². The number of aromatic nitrogens is 2. The van der Waals surface area contributed by atoms with Crippen molar-refractivity contribution < 1.29 is 33.3 Å². The van der Waals surface area contributed by atoms with Crippen LogP contribution in [0.15, 0.2) is 133 Å². The molecule has 2 heterocycles. The molecule has 0 radical (unpaired) electrons. The summed E-state index contributed by atoms with van der Waals surface area (Å²) in [4.78, 5) is 44.0. The van der Waals surface area contributed by atoms with Crippen molar-refractivity contribution >= 4 is 78.8 Å². The Morgan fingerprint density at radius 3 is 1.39 bits per heavy atom. The Bertz CT molecular complexity index is 3020. The molecule has 6 aromatic carbocycles. The Morgan fingerprint density at radius 1 is 0.470 bits per heavy atom. The summed E-state index contributed by atoms with van der Waals surface area (Å²) in [6, 6.07) is 44.3. The third kappa shape index (κ3) is 12.9. The van der Waals surface area contributed by atoms with E-state index in [0.717, 1.165) is 71.6 Å². The van der Waals surface area contributed by atoms with Crippen LogP contribution in [0.25, 0.3) is 65.9 Å². The second-order valence-electron chi connectivity index (χ2n) is 18.7. The zero-order valence-electron chi connectivity index (χ0n) is 39.1. The number of carbonyl (C=O) groups excluding carboxylic acids is 3. The molecule has 12 heteroatoms. The van der Waals surface area contributed by atoms with E-state index < -0.39 is 35.2 Å². The lowest BCUT2D eigenvalue weighted by atomic mass is 9.98. The lowest BCUT2D eigenvalue weighted by molar-refractivity contribution is -0.0294. The molecule has 0 atom stereocenters. The summed E-state index contributed by atoms with van der Waals surface area (Å²) < 4.78 is 19.2. The first-order chi connectivity index (χ1) is 31.0. The molecular weight excluding hydrogens is 831 g/mol. The molecule has 1 amide bonds. The molecule has 5 N–H and O–H groups in total. The van der Waals surface area contributed by atoms with E-state index in [0.29, 0.717) is 11.4 Å². The highest BCUT2D eigenvalue weighted by Crippen LogP contribution is 2.36. The summed E-state index contributed by atoms with van der Waals surface area (Å²) >= 11 is 0. The van der Waals surface area contributed by atoms with Crippen LogP contribution in [0.4, 0.5) is 31.4 Å². The molecule has 12 nitrogen and oxygen atoms in total. The van der Waals surface area contributed by atoms with Crippen LogP contribution in [0.5, 0.6) is 0 Å². The maximum Gasteiger partial charge on any atom is 0.519 e. The molecule has 66 heavy (non-hydrogen) atoms. The predicted molar refractivity (Wildman–Crippen MR) is 266 cm³/mol. The highest BCUT2D eigenvalue weighted by molar-refractivity contribution is 6.13. The molecule has 0 aliphatic rings. The van der Waals surface area contributed by atoms with Crippen LogP contribution in [0.2, 0.25) is 0 Å². The third-order valence-corrected chi connectivity index (χ3v) is 9.48. The number of carbonyl (C=O) groups is 3. The summed E-state index contributed by atoms with van der Waals surface area (Å²) in [6.45, 7) is 17.6. The Morgan fingerprint density at radius 2 is 0.894 bits per heavy atom. The van der Waals surface area contributed by atoms with Crippen molar-refractivity contribution in [1.82, 2.24) is 9.97 Å². The Hall–Kier alpha value is -7.73. The third-order valence-electron chi connectivity index (χ3n) is 9.48. The number of nitrogens with two attached hydrogens (primary N) is 2. The summed E-state index contributed by atoms with van der Waals surface area (Å²) in [6.07, 6.45) is -2.59. The largest absolute Gasteiger partial charge is 0.519 e. The molecule has 0 saturated carbocycles. The van der Waals surface area contributed by atoms with Gasteiger partial charge < -0.3 is 30.4 Å². The van der Waals surface area contributed by atoms with Crippen molar-refractivity contribution in [2.45, 2.75) is 86.0 Å². The second-order valence-corrected chi connectivity index (χ2v) is 18.7. The highest BCUT2D eigenvalue weighted by atomic mass is 16.8. The van der Waals surface area contributed by atoms with Crippen LogP contribution in [-0.4, -0.2) is 45.2 Å². The normalized spacial score (nSPS) is 11.5. The fourth-order valence-corrected chi connectivity index (χ4v) is 6.90. The average molecular weight is 888 g/mol. The van der Waals surface area contributed by atoms with Gasteiger partial charge in [0.05, 0.1) is 22.4 Å². The number of nitrogens with zero attached hydrogens (tertiary/aromatic N) is 2.